The molecule has 35 heavy (non-hydrogen) atoms. The van der Waals surface area contributed by atoms with Gasteiger partial charge >= 0.3 is 0 Å². The first kappa shape index (κ1) is 25.3. The average Bonchev–Trinajstić information content (AvgIpc) is 3.05. The Hall–Kier alpha value is -2.83. The third kappa shape index (κ3) is 6.24. The molecule has 1 aliphatic rings. The Bertz CT molecular complexity index is 1260. The van der Waals surface area contributed by atoms with Crippen LogP contribution in [0.1, 0.15) is 22.3 Å². The maximum Gasteiger partial charge on any atom is 0.269 e. The minimum Gasteiger partial charge on any atom is -0.326 e. The third-order valence-electron chi connectivity index (χ3n) is 5.32. The van der Waals surface area contributed by atoms with Gasteiger partial charge in [0.15, 0.2) is 5.11 Å². The molecule has 0 aromatic heterocycles. The van der Waals surface area contributed by atoms with Crippen LogP contribution in [0, 0.1) is 3.57 Å². The van der Waals surface area contributed by atoms with E-state index in [9.17, 15) is 14.4 Å². The summed E-state index contributed by atoms with van der Waals surface area (Å²) in [6.07, 6.45) is -0.184. The summed E-state index contributed by atoms with van der Waals surface area (Å²) in [5, 5.41) is 4.26. The third-order valence-corrected chi connectivity index (χ3v) is 6.98. The summed E-state index contributed by atoms with van der Waals surface area (Å²) in [6, 6.07) is 22.5. The monoisotopic (exact) mass is 662 g/mol. The molecule has 0 radical (unpaired) electrons. The van der Waals surface area contributed by atoms with Crippen molar-refractivity contribution in [2.75, 3.05) is 5.32 Å². The number of halogens is 2. The van der Waals surface area contributed by atoms with Gasteiger partial charge in [0.05, 0.1) is 13.0 Å². The Morgan fingerprint density at radius 1 is 0.971 bits per heavy atom. The molecule has 1 aliphatic heterocycles. The number of benzene rings is 3. The summed E-state index contributed by atoms with van der Waals surface area (Å²) < 4.78 is 1.87. The van der Waals surface area contributed by atoms with E-state index in [0.717, 1.165) is 13.6 Å². The summed E-state index contributed by atoms with van der Waals surface area (Å²) >= 11 is 11.1. The van der Waals surface area contributed by atoms with Crippen molar-refractivity contribution in [3.05, 3.63) is 98.0 Å². The minimum absolute atomic E-state index is 0.136. The van der Waals surface area contributed by atoms with Crippen molar-refractivity contribution in [3.63, 3.8) is 0 Å². The van der Waals surface area contributed by atoms with Crippen molar-refractivity contribution in [2.24, 2.45) is 0 Å². The second-order valence-electron chi connectivity index (χ2n) is 7.79. The van der Waals surface area contributed by atoms with Gasteiger partial charge in [0.1, 0.15) is 6.04 Å². The van der Waals surface area contributed by atoms with Gasteiger partial charge in [0, 0.05) is 19.3 Å². The number of anilines is 1. The second-order valence-corrected chi connectivity index (χ2v) is 10.3. The highest BCUT2D eigenvalue weighted by Crippen LogP contribution is 2.23. The number of rotatable bonds is 7. The lowest BCUT2D eigenvalue weighted by molar-refractivity contribution is -0.131. The van der Waals surface area contributed by atoms with Crippen molar-refractivity contribution >= 4 is 79.3 Å². The highest BCUT2D eigenvalue weighted by molar-refractivity contribution is 14.1. The van der Waals surface area contributed by atoms with Gasteiger partial charge in [-0.3, -0.25) is 24.7 Å². The van der Waals surface area contributed by atoms with Crippen LogP contribution in [0.15, 0.2) is 83.3 Å². The molecule has 2 N–H and O–H groups in total. The largest absolute Gasteiger partial charge is 0.326 e. The van der Waals surface area contributed by atoms with E-state index in [0.29, 0.717) is 11.3 Å². The van der Waals surface area contributed by atoms with Crippen LogP contribution in [0.5, 0.6) is 0 Å². The molecule has 0 bridgehead atoms. The first-order chi connectivity index (χ1) is 16.8. The molecular formula is C25H20BrIN4O3S. The number of carbonyl (C=O) groups is 3. The number of carbonyl (C=O) groups excluding carboxylic acids is 3. The Morgan fingerprint density at radius 2 is 1.63 bits per heavy atom. The average molecular weight is 663 g/mol. The molecule has 1 atom stereocenters. The topological polar surface area (TPSA) is 81.8 Å². The van der Waals surface area contributed by atoms with Gasteiger partial charge in [0.25, 0.3) is 11.8 Å². The van der Waals surface area contributed by atoms with E-state index in [1.807, 2.05) is 42.5 Å². The standard InChI is InChI=1S/C25H20BrIN4O3S/c26-18-8-6-17(7-9-18)23(33)29-31-21(14-22(32)28-20-12-10-19(27)11-13-20)24(34)30(25(31)35)15-16-4-2-1-3-5-16/h1-13,21H,14-15H2,(H,28,32)(H,29,33). The van der Waals surface area contributed by atoms with Gasteiger partial charge in [-0.25, -0.2) is 5.01 Å². The summed E-state index contributed by atoms with van der Waals surface area (Å²) in [5.41, 5.74) is 4.63. The zero-order valence-electron chi connectivity index (χ0n) is 18.3. The minimum atomic E-state index is -0.977. The Morgan fingerprint density at radius 3 is 2.29 bits per heavy atom. The van der Waals surface area contributed by atoms with E-state index in [2.05, 4.69) is 49.3 Å². The Labute approximate surface area is 230 Å². The fourth-order valence-electron chi connectivity index (χ4n) is 3.56. The van der Waals surface area contributed by atoms with E-state index in [1.54, 1.807) is 36.4 Å². The number of nitrogens with one attached hydrogen (secondary N) is 2. The molecule has 3 amide bonds. The molecule has 1 fully saturated rings. The van der Waals surface area contributed by atoms with Crippen LogP contribution in [-0.2, 0) is 16.1 Å². The van der Waals surface area contributed by atoms with Gasteiger partial charge in [-0.2, -0.15) is 0 Å². The van der Waals surface area contributed by atoms with Crippen LogP contribution in [-0.4, -0.2) is 38.8 Å². The van der Waals surface area contributed by atoms with E-state index in [-0.39, 0.29) is 29.9 Å². The van der Waals surface area contributed by atoms with E-state index < -0.39 is 11.9 Å². The molecule has 3 aromatic rings. The molecule has 4 rings (SSSR count). The normalized spacial score (nSPS) is 15.3. The highest BCUT2D eigenvalue weighted by atomic mass is 127. The van der Waals surface area contributed by atoms with Gasteiger partial charge in [-0.15, -0.1) is 0 Å². The summed E-state index contributed by atoms with van der Waals surface area (Å²) in [7, 11) is 0. The fourth-order valence-corrected chi connectivity index (χ4v) is 4.51. The van der Waals surface area contributed by atoms with E-state index >= 15 is 0 Å². The first-order valence-corrected chi connectivity index (χ1v) is 12.9. The molecule has 0 spiro atoms. The molecule has 0 saturated carbocycles. The predicted octanol–water partition coefficient (Wildman–Crippen LogP) is 4.73. The molecular weight excluding hydrogens is 643 g/mol. The highest BCUT2D eigenvalue weighted by Gasteiger charge is 2.44. The fraction of sp³-hybridized carbons (Fsp3) is 0.120. The van der Waals surface area contributed by atoms with E-state index in [1.165, 1.54) is 9.91 Å². The molecule has 3 aromatic carbocycles. The lowest BCUT2D eigenvalue weighted by Crippen LogP contribution is -2.49. The Balaban J connectivity index is 1.55. The summed E-state index contributed by atoms with van der Waals surface area (Å²) in [4.78, 5) is 40.6. The van der Waals surface area contributed by atoms with Crippen LogP contribution < -0.4 is 10.7 Å². The van der Waals surface area contributed by atoms with Gasteiger partial charge < -0.3 is 5.32 Å². The van der Waals surface area contributed by atoms with E-state index in [4.69, 9.17) is 12.2 Å². The first-order valence-electron chi connectivity index (χ1n) is 10.6. The van der Waals surface area contributed by atoms with Crippen LogP contribution in [0.25, 0.3) is 0 Å². The zero-order valence-corrected chi connectivity index (χ0v) is 22.8. The second kappa shape index (κ2) is 11.3. The molecule has 1 unspecified atom stereocenters. The van der Waals surface area contributed by atoms with Crippen LogP contribution in [0.3, 0.4) is 0 Å². The number of hydrazine groups is 1. The summed E-state index contributed by atoms with van der Waals surface area (Å²) in [6.45, 7) is 0.235. The van der Waals surface area contributed by atoms with Crippen LogP contribution in [0.2, 0.25) is 0 Å². The number of nitrogens with zero attached hydrogens (tertiary/aromatic N) is 2. The molecule has 1 saturated heterocycles. The maximum absolute atomic E-state index is 13.4. The Kier molecular flexibility index (Phi) is 8.14. The molecule has 1 heterocycles. The molecule has 7 nitrogen and oxygen atoms in total. The number of amides is 3. The maximum atomic E-state index is 13.4. The van der Waals surface area contributed by atoms with Crippen LogP contribution >= 0.6 is 50.7 Å². The molecule has 10 heteroatoms. The van der Waals surface area contributed by atoms with Gasteiger partial charge in [-0.05, 0) is 88.9 Å². The quantitative estimate of drug-likeness (QED) is 0.283. The summed E-state index contributed by atoms with van der Waals surface area (Å²) in [5.74, 6) is -1.15. The molecule has 0 aliphatic carbocycles. The van der Waals surface area contributed by atoms with Crippen molar-refractivity contribution in [1.82, 2.24) is 15.3 Å². The SMILES string of the molecule is O=C(CC1C(=O)N(Cc2ccccc2)C(=S)N1NC(=O)c1ccc(Br)cc1)Nc1ccc(I)cc1. The predicted molar refractivity (Wildman–Crippen MR) is 149 cm³/mol. The smallest absolute Gasteiger partial charge is 0.269 e. The number of hydrogen-bond donors (Lipinski definition) is 2. The van der Waals surface area contributed by atoms with Crippen molar-refractivity contribution in [2.45, 2.75) is 19.0 Å². The number of thiocarbonyl (C=S) groups is 1. The lowest BCUT2D eigenvalue weighted by Gasteiger charge is -2.24. The van der Waals surface area contributed by atoms with Crippen molar-refractivity contribution in [3.8, 4) is 0 Å². The molecule has 178 valence electrons. The van der Waals surface area contributed by atoms with Crippen molar-refractivity contribution < 1.29 is 14.4 Å². The van der Waals surface area contributed by atoms with Gasteiger partial charge in [-0.1, -0.05) is 46.3 Å². The lowest BCUT2D eigenvalue weighted by atomic mass is 10.1. The zero-order chi connectivity index (χ0) is 24.9. The van der Waals surface area contributed by atoms with Crippen LogP contribution in [0.4, 0.5) is 5.69 Å². The van der Waals surface area contributed by atoms with Crippen molar-refractivity contribution in [1.29, 1.82) is 0 Å². The van der Waals surface area contributed by atoms with Gasteiger partial charge in [0.2, 0.25) is 5.91 Å². The number of hydrogen-bond acceptors (Lipinski definition) is 4.